The second-order valence-electron chi connectivity index (χ2n) is 21.5. The van der Waals surface area contributed by atoms with Gasteiger partial charge in [0.15, 0.2) is 12.6 Å². The van der Waals surface area contributed by atoms with Gasteiger partial charge in [0.1, 0.15) is 48.8 Å². The van der Waals surface area contributed by atoms with Crippen LogP contribution >= 0.6 is 0 Å². The smallest absolute Gasteiger partial charge is 0.220 e. The third kappa shape index (κ3) is 31.5. The zero-order valence-electron chi connectivity index (χ0n) is 46.1. The van der Waals surface area contributed by atoms with Crippen LogP contribution < -0.4 is 5.32 Å². The van der Waals surface area contributed by atoms with Gasteiger partial charge in [0, 0.05) is 6.42 Å². The molecule has 73 heavy (non-hydrogen) atoms. The third-order valence-corrected chi connectivity index (χ3v) is 14.9. The Morgan fingerprint density at radius 1 is 0.493 bits per heavy atom. The second-order valence-corrected chi connectivity index (χ2v) is 21.5. The number of hydrogen-bond donors (Lipinski definition) is 9. The highest BCUT2D eigenvalue weighted by Crippen LogP contribution is 2.30. The average molecular weight is 1040 g/mol. The van der Waals surface area contributed by atoms with Crippen molar-refractivity contribution in [1.82, 2.24) is 5.32 Å². The molecule has 14 heteroatoms. The maximum absolute atomic E-state index is 13.2. The summed E-state index contributed by atoms with van der Waals surface area (Å²) in [4.78, 5) is 13.2. The highest BCUT2D eigenvalue weighted by atomic mass is 16.7. The van der Waals surface area contributed by atoms with Crippen LogP contribution in [0.4, 0.5) is 0 Å². The molecule has 0 aromatic carbocycles. The number of allylic oxidation sites excluding steroid dienone is 4. The number of aliphatic hydroxyl groups is 8. The van der Waals surface area contributed by atoms with E-state index in [2.05, 4.69) is 43.5 Å². The van der Waals surface area contributed by atoms with Crippen molar-refractivity contribution < 1.29 is 64.6 Å². The van der Waals surface area contributed by atoms with Gasteiger partial charge in [-0.25, -0.2) is 0 Å². The summed E-state index contributed by atoms with van der Waals surface area (Å²) in [6, 6.07) is -0.822. The lowest BCUT2D eigenvalue weighted by molar-refractivity contribution is -0.359. The van der Waals surface area contributed by atoms with Crippen molar-refractivity contribution in [2.24, 2.45) is 0 Å². The van der Waals surface area contributed by atoms with E-state index in [1.54, 1.807) is 0 Å². The van der Waals surface area contributed by atoms with Gasteiger partial charge in [-0.1, -0.05) is 224 Å². The zero-order chi connectivity index (χ0) is 53.2. The van der Waals surface area contributed by atoms with Gasteiger partial charge in [-0.15, -0.1) is 0 Å². The van der Waals surface area contributed by atoms with Gasteiger partial charge in [0.2, 0.25) is 5.91 Å². The van der Waals surface area contributed by atoms with E-state index >= 15 is 0 Å². The van der Waals surface area contributed by atoms with Gasteiger partial charge in [0.05, 0.1) is 32.0 Å². The molecule has 2 aliphatic heterocycles. The predicted octanol–water partition coefficient (Wildman–Crippen LogP) is 10.1. The first kappa shape index (κ1) is 67.6. The van der Waals surface area contributed by atoms with Gasteiger partial charge in [-0.3, -0.25) is 4.79 Å². The third-order valence-electron chi connectivity index (χ3n) is 14.9. The van der Waals surface area contributed by atoms with Gasteiger partial charge in [-0.2, -0.15) is 0 Å². The van der Waals surface area contributed by atoms with Crippen LogP contribution in [-0.2, 0) is 23.7 Å². The Bertz CT molecular complexity index is 1320. The summed E-state index contributed by atoms with van der Waals surface area (Å²) in [6.45, 7) is 2.78. The number of amides is 1. The first-order chi connectivity index (χ1) is 35.6. The van der Waals surface area contributed by atoms with E-state index in [4.69, 9.17) is 18.9 Å². The van der Waals surface area contributed by atoms with Gasteiger partial charge in [-0.05, 0) is 44.9 Å². The van der Waals surface area contributed by atoms with Crippen LogP contribution in [-0.4, -0.2) is 140 Å². The van der Waals surface area contributed by atoms with Crippen molar-refractivity contribution in [1.29, 1.82) is 0 Å². The van der Waals surface area contributed by atoms with Crippen LogP contribution in [0.5, 0.6) is 0 Å². The number of unbranched alkanes of at least 4 members (excludes halogenated alkanes) is 31. The second kappa shape index (κ2) is 45.5. The van der Waals surface area contributed by atoms with Crippen molar-refractivity contribution in [2.45, 2.75) is 325 Å². The molecule has 0 aliphatic carbocycles. The van der Waals surface area contributed by atoms with Crippen LogP contribution in [0.1, 0.15) is 251 Å². The number of ether oxygens (including phenoxy) is 4. The molecule has 1 amide bonds. The summed E-state index contributed by atoms with van der Waals surface area (Å²) in [6.07, 6.45) is 36.9. The Morgan fingerprint density at radius 3 is 1.37 bits per heavy atom. The highest BCUT2D eigenvalue weighted by Gasteiger charge is 2.51. The zero-order valence-corrected chi connectivity index (χ0v) is 46.1. The van der Waals surface area contributed by atoms with Crippen molar-refractivity contribution in [3.05, 3.63) is 24.3 Å². The standard InChI is InChI=1S/C59H111NO13/c1-3-5-7-9-11-12-13-14-15-16-17-18-19-20-21-22-23-24-25-26-27-28-29-30-31-32-33-34-35-36-37-39-41-43-51(64)60-47(48(63)42-40-38-10-8-6-4-2)46-70-58-56(69)54(67)57(50(45-62)72-58)73-59-55(68)53(66)52(65)49(44-61)71-59/h13-14,16-17,47-50,52-59,61-63,65-69H,3-12,15,18-46H2,1-2H3,(H,60,64)/b14-13-,17-16-. The quantitative estimate of drug-likeness (QED) is 0.0204. The minimum Gasteiger partial charge on any atom is -0.394 e. The average Bonchev–Trinajstić information content (AvgIpc) is 3.39. The largest absolute Gasteiger partial charge is 0.394 e. The first-order valence-electron chi connectivity index (χ1n) is 30.1. The van der Waals surface area contributed by atoms with E-state index in [1.807, 2.05) is 0 Å². The van der Waals surface area contributed by atoms with Crippen molar-refractivity contribution >= 4 is 5.91 Å². The van der Waals surface area contributed by atoms with Crippen molar-refractivity contribution in [3.63, 3.8) is 0 Å². The molecule has 2 fully saturated rings. The molecule has 0 radical (unpaired) electrons. The van der Waals surface area contributed by atoms with Crippen LogP contribution in [0.3, 0.4) is 0 Å². The van der Waals surface area contributed by atoms with Crippen LogP contribution in [0.2, 0.25) is 0 Å². The summed E-state index contributed by atoms with van der Waals surface area (Å²) in [5.74, 6) is -0.209. The minimum atomic E-state index is -1.78. The fraction of sp³-hybridized carbons (Fsp3) is 0.915. The van der Waals surface area contributed by atoms with Gasteiger partial charge < -0.3 is 65.1 Å². The minimum absolute atomic E-state index is 0.209. The maximum atomic E-state index is 13.2. The Balaban J connectivity index is 1.54. The maximum Gasteiger partial charge on any atom is 0.220 e. The molecule has 2 heterocycles. The molecule has 9 N–H and O–H groups in total. The Morgan fingerprint density at radius 2 is 0.904 bits per heavy atom. The lowest BCUT2D eigenvalue weighted by Gasteiger charge is -2.46. The van der Waals surface area contributed by atoms with Gasteiger partial charge in [0.25, 0.3) is 0 Å². The molecule has 12 unspecified atom stereocenters. The molecule has 430 valence electrons. The Kier molecular flexibility index (Phi) is 42.1. The normalized spacial score (nSPS) is 25.5. The fourth-order valence-corrected chi connectivity index (χ4v) is 10.0. The molecule has 0 aromatic rings. The van der Waals surface area contributed by atoms with Gasteiger partial charge >= 0.3 is 0 Å². The highest BCUT2D eigenvalue weighted by molar-refractivity contribution is 5.76. The molecule has 0 bridgehead atoms. The number of hydrogen-bond acceptors (Lipinski definition) is 13. The molecule has 0 aromatic heterocycles. The lowest BCUT2D eigenvalue weighted by atomic mass is 9.97. The molecule has 14 nitrogen and oxygen atoms in total. The van der Waals surface area contributed by atoms with E-state index in [1.165, 1.54) is 154 Å². The SMILES string of the molecule is CCCCCCC/C=C\C/C=C\CCCCCCCCCCCCCCCCCCCCCCCC(=O)NC(COC1OC(CO)C(OC2OC(CO)C(O)C(O)C2O)C(O)C1O)C(O)CCCCCCCC. The van der Waals surface area contributed by atoms with Crippen LogP contribution in [0, 0.1) is 0 Å². The van der Waals surface area contributed by atoms with Crippen molar-refractivity contribution in [3.8, 4) is 0 Å². The molecule has 0 saturated carbocycles. The number of carbonyl (C=O) groups is 1. The Hall–Kier alpha value is -1.53. The number of carbonyl (C=O) groups excluding carboxylic acids is 1. The molecule has 2 rings (SSSR count). The summed E-state index contributed by atoms with van der Waals surface area (Å²) < 4.78 is 22.7. The van der Waals surface area contributed by atoms with E-state index in [0.29, 0.717) is 12.8 Å². The molecule has 2 saturated heterocycles. The van der Waals surface area contributed by atoms with Crippen LogP contribution in [0.15, 0.2) is 24.3 Å². The molecule has 2 aliphatic rings. The van der Waals surface area contributed by atoms with Crippen molar-refractivity contribution in [2.75, 3.05) is 19.8 Å². The number of aliphatic hydroxyl groups excluding tert-OH is 8. The van der Waals surface area contributed by atoms with E-state index in [0.717, 1.165) is 70.6 Å². The first-order valence-corrected chi connectivity index (χ1v) is 30.1. The fourth-order valence-electron chi connectivity index (χ4n) is 10.0. The number of nitrogens with one attached hydrogen (secondary N) is 1. The Labute approximate surface area is 443 Å². The molecule has 12 atom stereocenters. The predicted molar refractivity (Wildman–Crippen MR) is 291 cm³/mol. The monoisotopic (exact) mass is 1040 g/mol. The van der Waals surface area contributed by atoms with Crippen LogP contribution in [0.25, 0.3) is 0 Å². The molecular weight excluding hydrogens is 931 g/mol. The summed E-state index contributed by atoms with van der Waals surface area (Å²) in [5, 5.41) is 86.7. The summed E-state index contributed by atoms with van der Waals surface area (Å²) in [5.41, 5.74) is 0. The topological polar surface area (TPSA) is 228 Å². The summed E-state index contributed by atoms with van der Waals surface area (Å²) >= 11 is 0. The molecular formula is C59H111NO13. The summed E-state index contributed by atoms with van der Waals surface area (Å²) in [7, 11) is 0. The number of rotatable bonds is 48. The van der Waals surface area contributed by atoms with E-state index < -0.39 is 86.8 Å². The van der Waals surface area contributed by atoms with E-state index in [9.17, 15) is 45.6 Å². The lowest BCUT2D eigenvalue weighted by Crippen LogP contribution is -2.65. The molecule has 0 spiro atoms. The van der Waals surface area contributed by atoms with E-state index in [-0.39, 0.29) is 12.5 Å².